The number of hydrogen-bond donors (Lipinski definition) is 1. The molecule has 0 bridgehead atoms. The third-order valence-electron chi connectivity index (χ3n) is 3.87. The summed E-state index contributed by atoms with van der Waals surface area (Å²) in [5.74, 6) is 0.127. The maximum atomic E-state index is 12.3. The van der Waals surface area contributed by atoms with E-state index in [1.54, 1.807) is 0 Å². The lowest BCUT2D eigenvalue weighted by molar-refractivity contribution is -0.136. The lowest BCUT2D eigenvalue weighted by atomic mass is 9.92. The number of likely N-dealkylation sites (N-methyl/N-ethyl adjacent to an activating group) is 1. The van der Waals surface area contributed by atoms with Crippen LogP contribution in [0.2, 0.25) is 0 Å². The molecule has 1 heterocycles. The number of carbonyl (C=O) groups excluding carboxylic acids is 1. The normalized spacial score (nSPS) is 21.9. The van der Waals surface area contributed by atoms with Crippen molar-refractivity contribution < 1.29 is 4.79 Å². The van der Waals surface area contributed by atoms with Crippen molar-refractivity contribution in [2.75, 3.05) is 27.2 Å². The first-order valence-electron chi connectivity index (χ1n) is 6.19. The Morgan fingerprint density at radius 3 is 2.38 bits per heavy atom. The first-order chi connectivity index (χ1) is 7.44. The minimum absolute atomic E-state index is 0.127. The fourth-order valence-corrected chi connectivity index (χ4v) is 2.22. The topological polar surface area (TPSA) is 49.6 Å². The Morgan fingerprint density at radius 1 is 1.44 bits per heavy atom. The van der Waals surface area contributed by atoms with Crippen molar-refractivity contribution in [3.63, 3.8) is 0 Å². The van der Waals surface area contributed by atoms with Crippen LogP contribution in [0.5, 0.6) is 0 Å². The molecular formula is C12H25N3O. The summed E-state index contributed by atoms with van der Waals surface area (Å²) in [5, 5.41) is 0. The van der Waals surface area contributed by atoms with Gasteiger partial charge in [0.15, 0.2) is 0 Å². The van der Waals surface area contributed by atoms with E-state index < -0.39 is 5.54 Å². The summed E-state index contributed by atoms with van der Waals surface area (Å²) in [6, 6.07) is 0.488. The molecule has 4 heteroatoms. The van der Waals surface area contributed by atoms with Gasteiger partial charge in [-0.25, -0.2) is 0 Å². The molecule has 94 valence electrons. The van der Waals surface area contributed by atoms with Crippen LogP contribution < -0.4 is 5.73 Å². The average Bonchev–Trinajstić information content (AvgIpc) is 2.76. The van der Waals surface area contributed by atoms with Crippen molar-refractivity contribution in [3.05, 3.63) is 0 Å². The summed E-state index contributed by atoms with van der Waals surface area (Å²) in [6.45, 7) is 5.65. The zero-order valence-corrected chi connectivity index (χ0v) is 11.0. The molecule has 0 aromatic heterocycles. The van der Waals surface area contributed by atoms with E-state index in [-0.39, 0.29) is 5.91 Å². The average molecular weight is 227 g/mol. The SMILES string of the molecule is CCC(N)(CC)C(=O)N1CCC(N(C)C)C1. The lowest BCUT2D eigenvalue weighted by Gasteiger charge is -2.31. The zero-order valence-electron chi connectivity index (χ0n) is 11.0. The summed E-state index contributed by atoms with van der Waals surface area (Å²) in [4.78, 5) is 16.4. The Morgan fingerprint density at radius 2 is 2.00 bits per heavy atom. The van der Waals surface area contributed by atoms with Gasteiger partial charge in [0.2, 0.25) is 5.91 Å². The van der Waals surface area contributed by atoms with Crippen LogP contribution in [0.4, 0.5) is 0 Å². The zero-order chi connectivity index (χ0) is 12.3. The maximum Gasteiger partial charge on any atom is 0.242 e. The molecule has 0 saturated carbocycles. The smallest absolute Gasteiger partial charge is 0.242 e. The Bertz CT molecular complexity index is 249. The van der Waals surface area contributed by atoms with Crippen LogP contribution in [-0.4, -0.2) is 54.5 Å². The predicted molar refractivity (Wildman–Crippen MR) is 66.2 cm³/mol. The molecule has 4 nitrogen and oxygen atoms in total. The van der Waals surface area contributed by atoms with E-state index in [0.29, 0.717) is 18.9 Å². The van der Waals surface area contributed by atoms with Gasteiger partial charge in [0.05, 0.1) is 5.54 Å². The monoisotopic (exact) mass is 227 g/mol. The van der Waals surface area contributed by atoms with Crippen molar-refractivity contribution in [3.8, 4) is 0 Å². The molecule has 0 aliphatic carbocycles. The quantitative estimate of drug-likeness (QED) is 0.768. The minimum atomic E-state index is -0.652. The van der Waals surface area contributed by atoms with Crippen LogP contribution >= 0.6 is 0 Å². The van der Waals surface area contributed by atoms with Crippen LogP contribution in [0.1, 0.15) is 33.1 Å². The number of likely N-dealkylation sites (tertiary alicyclic amines) is 1. The molecule has 1 rings (SSSR count). The molecule has 16 heavy (non-hydrogen) atoms. The van der Waals surface area contributed by atoms with Crippen molar-refractivity contribution in [2.24, 2.45) is 5.73 Å². The molecule has 1 atom stereocenters. The van der Waals surface area contributed by atoms with Crippen LogP contribution in [-0.2, 0) is 4.79 Å². The van der Waals surface area contributed by atoms with Gasteiger partial charge in [-0.05, 0) is 33.4 Å². The van der Waals surface area contributed by atoms with Gasteiger partial charge < -0.3 is 15.5 Å². The summed E-state index contributed by atoms with van der Waals surface area (Å²) in [5.41, 5.74) is 5.49. The predicted octanol–water partition coefficient (Wildman–Crippen LogP) is 0.666. The molecule has 1 amide bonds. The third kappa shape index (κ3) is 2.55. The number of hydrogen-bond acceptors (Lipinski definition) is 3. The van der Waals surface area contributed by atoms with Gasteiger partial charge in [-0.15, -0.1) is 0 Å². The molecule has 1 unspecified atom stereocenters. The number of amides is 1. The molecule has 0 radical (unpaired) electrons. The van der Waals surface area contributed by atoms with Gasteiger partial charge in [-0.1, -0.05) is 13.8 Å². The molecular weight excluding hydrogens is 202 g/mol. The second-order valence-electron chi connectivity index (χ2n) is 5.02. The summed E-state index contributed by atoms with van der Waals surface area (Å²) < 4.78 is 0. The van der Waals surface area contributed by atoms with Crippen LogP contribution in [0.3, 0.4) is 0 Å². The lowest BCUT2D eigenvalue weighted by Crippen LogP contribution is -2.54. The van der Waals surface area contributed by atoms with Gasteiger partial charge in [-0.2, -0.15) is 0 Å². The molecule has 1 fully saturated rings. The summed E-state index contributed by atoms with van der Waals surface area (Å²) >= 11 is 0. The van der Waals surface area contributed by atoms with Gasteiger partial charge in [-0.3, -0.25) is 4.79 Å². The number of rotatable bonds is 4. The highest BCUT2D eigenvalue weighted by Crippen LogP contribution is 2.20. The molecule has 0 aromatic carbocycles. The fraction of sp³-hybridized carbons (Fsp3) is 0.917. The Balaban J connectivity index is 2.63. The maximum absolute atomic E-state index is 12.3. The minimum Gasteiger partial charge on any atom is -0.339 e. The third-order valence-corrected chi connectivity index (χ3v) is 3.87. The highest BCUT2D eigenvalue weighted by Gasteiger charge is 2.37. The molecule has 2 N–H and O–H groups in total. The van der Waals surface area contributed by atoms with Crippen molar-refractivity contribution in [2.45, 2.75) is 44.7 Å². The van der Waals surface area contributed by atoms with E-state index >= 15 is 0 Å². The summed E-state index contributed by atoms with van der Waals surface area (Å²) in [6.07, 6.45) is 2.49. The molecule has 0 spiro atoms. The number of carbonyl (C=O) groups is 1. The molecule has 1 saturated heterocycles. The largest absolute Gasteiger partial charge is 0.339 e. The second kappa shape index (κ2) is 5.15. The highest BCUT2D eigenvalue weighted by atomic mass is 16.2. The number of nitrogens with two attached hydrogens (primary N) is 1. The van der Waals surface area contributed by atoms with Crippen molar-refractivity contribution >= 4 is 5.91 Å². The first kappa shape index (κ1) is 13.5. The second-order valence-corrected chi connectivity index (χ2v) is 5.02. The Hall–Kier alpha value is -0.610. The van der Waals surface area contributed by atoms with Crippen LogP contribution in [0, 0.1) is 0 Å². The van der Waals surface area contributed by atoms with E-state index in [9.17, 15) is 4.79 Å². The van der Waals surface area contributed by atoms with Crippen LogP contribution in [0.15, 0.2) is 0 Å². The Labute approximate surface area is 98.8 Å². The fourth-order valence-electron chi connectivity index (χ4n) is 2.22. The summed E-state index contributed by atoms with van der Waals surface area (Å²) in [7, 11) is 4.13. The van der Waals surface area contributed by atoms with Gasteiger partial charge >= 0.3 is 0 Å². The standard InChI is InChI=1S/C12H25N3O/c1-5-12(13,6-2)11(16)15-8-7-10(9-15)14(3)4/h10H,5-9,13H2,1-4H3. The van der Waals surface area contributed by atoms with Crippen LogP contribution in [0.25, 0.3) is 0 Å². The van der Waals surface area contributed by atoms with E-state index in [4.69, 9.17) is 5.73 Å². The van der Waals surface area contributed by atoms with E-state index in [1.807, 2.05) is 18.7 Å². The molecule has 1 aliphatic rings. The van der Waals surface area contributed by atoms with E-state index in [2.05, 4.69) is 19.0 Å². The number of nitrogens with zero attached hydrogens (tertiary/aromatic N) is 2. The van der Waals surface area contributed by atoms with Gasteiger partial charge in [0.1, 0.15) is 0 Å². The first-order valence-corrected chi connectivity index (χ1v) is 6.19. The highest BCUT2D eigenvalue weighted by molar-refractivity contribution is 5.86. The Kier molecular flexibility index (Phi) is 4.33. The molecule has 1 aliphatic heterocycles. The van der Waals surface area contributed by atoms with Crippen molar-refractivity contribution in [1.82, 2.24) is 9.80 Å². The van der Waals surface area contributed by atoms with Gasteiger partial charge in [0.25, 0.3) is 0 Å². The van der Waals surface area contributed by atoms with E-state index in [1.165, 1.54) is 0 Å². The molecule has 0 aromatic rings. The van der Waals surface area contributed by atoms with Crippen molar-refractivity contribution in [1.29, 1.82) is 0 Å². The van der Waals surface area contributed by atoms with E-state index in [0.717, 1.165) is 19.5 Å². The van der Waals surface area contributed by atoms with Gasteiger partial charge in [0, 0.05) is 19.1 Å².